The van der Waals surface area contributed by atoms with E-state index in [0.717, 1.165) is 41.2 Å². The normalized spacial score (nSPS) is 15.3. The maximum Gasteiger partial charge on any atom is 0.255 e. The highest BCUT2D eigenvalue weighted by Gasteiger charge is 2.24. The van der Waals surface area contributed by atoms with Gasteiger partial charge in [-0.3, -0.25) is 9.69 Å². The van der Waals surface area contributed by atoms with Crippen molar-refractivity contribution in [3.05, 3.63) is 56.8 Å². The summed E-state index contributed by atoms with van der Waals surface area (Å²) in [5.74, 6) is 1.34. The third kappa shape index (κ3) is 3.68. The first kappa shape index (κ1) is 18.6. The van der Waals surface area contributed by atoms with Crippen molar-refractivity contribution in [2.24, 2.45) is 0 Å². The number of aromatic hydroxyl groups is 1. The second-order valence-corrected chi connectivity index (χ2v) is 8.56. The van der Waals surface area contributed by atoms with Crippen LogP contribution in [0.3, 0.4) is 0 Å². The molecule has 2 heterocycles. The van der Waals surface area contributed by atoms with Gasteiger partial charge in [-0.15, -0.1) is 0 Å². The van der Waals surface area contributed by atoms with Crippen LogP contribution in [0.25, 0.3) is 0 Å². The SMILES string of the molecule is CC(C)c1nc2c(c(=O)[nH]1)CN(Cc1cccc(C(C)(C)C)c1O)CC2. The zero-order valence-corrected chi connectivity index (χ0v) is 16.4. The second-order valence-electron chi connectivity index (χ2n) is 8.56. The van der Waals surface area contributed by atoms with Crippen LogP contribution < -0.4 is 5.56 Å². The Balaban J connectivity index is 1.84. The minimum atomic E-state index is -0.108. The van der Waals surface area contributed by atoms with Gasteiger partial charge in [-0.05, 0) is 11.0 Å². The van der Waals surface area contributed by atoms with Gasteiger partial charge < -0.3 is 10.1 Å². The van der Waals surface area contributed by atoms with Gasteiger partial charge in [-0.25, -0.2) is 4.98 Å². The van der Waals surface area contributed by atoms with E-state index in [2.05, 4.69) is 35.6 Å². The van der Waals surface area contributed by atoms with Crippen molar-refractivity contribution in [3.63, 3.8) is 0 Å². The Morgan fingerprint density at radius 2 is 2.04 bits per heavy atom. The van der Waals surface area contributed by atoms with Crippen LogP contribution in [0.15, 0.2) is 23.0 Å². The number of aromatic nitrogens is 2. The number of rotatable bonds is 3. The third-order valence-corrected chi connectivity index (χ3v) is 5.03. The number of phenols is 1. The van der Waals surface area contributed by atoms with Gasteiger partial charge in [0.15, 0.2) is 0 Å². The standard InChI is InChI=1S/C21H29N3O2/c1-13(2)19-22-17-9-10-24(12-15(17)20(26)23-19)11-14-7-6-8-16(18(14)25)21(3,4)5/h6-8,13,25H,9-12H2,1-5H3,(H,22,23,26). The van der Waals surface area contributed by atoms with Crippen LogP contribution in [-0.2, 0) is 24.9 Å². The van der Waals surface area contributed by atoms with Crippen molar-refractivity contribution in [1.82, 2.24) is 14.9 Å². The summed E-state index contributed by atoms with van der Waals surface area (Å²) in [4.78, 5) is 22.2. The number of phenolic OH excluding ortho intramolecular Hbond substituents is 1. The molecule has 0 fully saturated rings. The van der Waals surface area contributed by atoms with Gasteiger partial charge in [-0.2, -0.15) is 0 Å². The van der Waals surface area contributed by atoms with Gasteiger partial charge in [0, 0.05) is 37.5 Å². The maximum absolute atomic E-state index is 12.5. The quantitative estimate of drug-likeness (QED) is 0.885. The van der Waals surface area contributed by atoms with Gasteiger partial charge >= 0.3 is 0 Å². The first-order valence-corrected chi connectivity index (χ1v) is 9.32. The van der Waals surface area contributed by atoms with Gasteiger partial charge in [0.2, 0.25) is 0 Å². The van der Waals surface area contributed by atoms with Gasteiger partial charge in [0.05, 0.1) is 11.3 Å². The summed E-state index contributed by atoms with van der Waals surface area (Å²) in [5, 5.41) is 10.7. The van der Waals surface area contributed by atoms with Crippen molar-refractivity contribution >= 4 is 0 Å². The van der Waals surface area contributed by atoms with E-state index < -0.39 is 0 Å². The molecule has 1 aliphatic heterocycles. The molecule has 0 saturated carbocycles. The molecule has 0 amide bonds. The average molecular weight is 355 g/mol. The fourth-order valence-electron chi connectivity index (χ4n) is 3.47. The molecule has 2 aromatic rings. The molecule has 1 aromatic heterocycles. The van der Waals surface area contributed by atoms with Crippen LogP contribution in [0.1, 0.15) is 68.7 Å². The first-order chi connectivity index (χ1) is 12.2. The van der Waals surface area contributed by atoms with Gasteiger partial charge in [0.1, 0.15) is 11.6 Å². The molecule has 0 atom stereocenters. The molecule has 26 heavy (non-hydrogen) atoms. The second kappa shape index (κ2) is 6.88. The molecule has 0 unspecified atom stereocenters. The Labute approximate surface area is 155 Å². The van der Waals surface area contributed by atoms with Gasteiger partial charge in [0.25, 0.3) is 5.56 Å². The fraction of sp³-hybridized carbons (Fsp3) is 0.524. The van der Waals surface area contributed by atoms with E-state index >= 15 is 0 Å². The van der Waals surface area contributed by atoms with Crippen LogP contribution in [-0.4, -0.2) is 26.5 Å². The zero-order valence-electron chi connectivity index (χ0n) is 16.4. The van der Waals surface area contributed by atoms with E-state index in [9.17, 15) is 9.90 Å². The first-order valence-electron chi connectivity index (χ1n) is 9.32. The average Bonchev–Trinajstić information content (AvgIpc) is 2.56. The van der Waals surface area contributed by atoms with Crippen LogP contribution in [0, 0.1) is 0 Å². The van der Waals surface area contributed by atoms with E-state index in [0.29, 0.717) is 18.8 Å². The van der Waals surface area contributed by atoms with E-state index in [4.69, 9.17) is 0 Å². The summed E-state index contributed by atoms with van der Waals surface area (Å²) >= 11 is 0. The molecule has 0 radical (unpaired) electrons. The Morgan fingerprint density at radius 3 is 2.69 bits per heavy atom. The molecule has 1 aliphatic rings. The number of nitrogens with zero attached hydrogens (tertiary/aromatic N) is 2. The van der Waals surface area contributed by atoms with Crippen LogP contribution in [0.4, 0.5) is 0 Å². The number of para-hydroxylation sites is 1. The fourth-order valence-corrected chi connectivity index (χ4v) is 3.47. The largest absolute Gasteiger partial charge is 0.507 e. The van der Waals surface area contributed by atoms with Crippen LogP contribution in [0.2, 0.25) is 0 Å². The van der Waals surface area contributed by atoms with E-state index in [1.165, 1.54) is 0 Å². The molecule has 0 aliphatic carbocycles. The molecule has 3 rings (SSSR count). The zero-order chi connectivity index (χ0) is 19.1. The summed E-state index contributed by atoms with van der Waals surface area (Å²) < 4.78 is 0. The summed E-state index contributed by atoms with van der Waals surface area (Å²) in [6, 6.07) is 5.94. The van der Waals surface area contributed by atoms with E-state index in [1.807, 2.05) is 32.0 Å². The Morgan fingerprint density at radius 1 is 1.31 bits per heavy atom. The van der Waals surface area contributed by atoms with Crippen molar-refractivity contribution in [2.75, 3.05) is 6.54 Å². The molecule has 0 saturated heterocycles. The molecule has 5 nitrogen and oxygen atoms in total. The Kier molecular flexibility index (Phi) is 4.93. The molecular weight excluding hydrogens is 326 g/mol. The molecule has 0 bridgehead atoms. The van der Waals surface area contributed by atoms with Crippen molar-refractivity contribution in [3.8, 4) is 5.75 Å². The number of fused-ring (bicyclic) bond motifs is 1. The van der Waals surface area contributed by atoms with Crippen molar-refractivity contribution in [2.45, 2.75) is 65.5 Å². The smallest absolute Gasteiger partial charge is 0.255 e. The molecule has 1 aromatic carbocycles. The van der Waals surface area contributed by atoms with E-state index in [1.54, 1.807) is 0 Å². The molecule has 0 spiro atoms. The van der Waals surface area contributed by atoms with Crippen LogP contribution >= 0.6 is 0 Å². The lowest BCUT2D eigenvalue weighted by Gasteiger charge is -2.29. The number of H-pyrrole nitrogens is 1. The molecule has 140 valence electrons. The molecular formula is C21H29N3O2. The Bertz CT molecular complexity index is 863. The highest BCUT2D eigenvalue weighted by atomic mass is 16.3. The van der Waals surface area contributed by atoms with Crippen molar-refractivity contribution in [1.29, 1.82) is 0 Å². The minimum Gasteiger partial charge on any atom is -0.507 e. The Hall–Kier alpha value is -2.14. The summed E-state index contributed by atoms with van der Waals surface area (Å²) in [6.07, 6.45) is 0.763. The topological polar surface area (TPSA) is 69.2 Å². The third-order valence-electron chi connectivity index (χ3n) is 5.03. The number of hydrogen-bond acceptors (Lipinski definition) is 4. The monoisotopic (exact) mass is 355 g/mol. The lowest BCUT2D eigenvalue weighted by atomic mass is 9.85. The summed E-state index contributed by atoms with van der Waals surface area (Å²) in [5.41, 5.74) is 3.39. The number of hydrogen-bond donors (Lipinski definition) is 2. The van der Waals surface area contributed by atoms with Crippen molar-refractivity contribution < 1.29 is 5.11 Å². The highest BCUT2D eigenvalue weighted by Crippen LogP contribution is 2.34. The number of benzene rings is 1. The highest BCUT2D eigenvalue weighted by molar-refractivity contribution is 5.44. The minimum absolute atomic E-state index is 0.0314. The van der Waals surface area contributed by atoms with E-state index in [-0.39, 0.29) is 16.9 Å². The predicted molar refractivity (Wildman–Crippen MR) is 104 cm³/mol. The lowest BCUT2D eigenvalue weighted by Crippen LogP contribution is -2.36. The number of nitrogens with one attached hydrogen (secondary N) is 1. The maximum atomic E-state index is 12.5. The molecule has 5 heteroatoms. The summed E-state index contributed by atoms with van der Waals surface area (Å²) in [7, 11) is 0. The predicted octanol–water partition coefficient (Wildman–Crippen LogP) is 3.45. The van der Waals surface area contributed by atoms with Crippen LogP contribution in [0.5, 0.6) is 5.75 Å². The summed E-state index contributed by atoms with van der Waals surface area (Å²) in [6.45, 7) is 12.4. The number of aromatic amines is 1. The molecule has 2 N–H and O–H groups in total. The van der Waals surface area contributed by atoms with Gasteiger partial charge in [-0.1, -0.05) is 52.8 Å². The lowest BCUT2D eigenvalue weighted by molar-refractivity contribution is 0.238.